The van der Waals surface area contributed by atoms with Gasteiger partial charge in [-0.2, -0.15) is 5.26 Å². The number of halogens is 2. The zero-order valence-electron chi connectivity index (χ0n) is 25.1. The van der Waals surface area contributed by atoms with Crippen molar-refractivity contribution in [3.63, 3.8) is 0 Å². The molecule has 5 aromatic heterocycles. The Morgan fingerprint density at radius 2 is 1.74 bits per heavy atom. The number of aromatic nitrogens is 7. The van der Waals surface area contributed by atoms with E-state index in [0.29, 0.717) is 45.4 Å². The number of pyridine rings is 3. The number of benzene rings is 1. The minimum absolute atomic E-state index is 0.158. The molecule has 13 heteroatoms. The third-order valence-corrected chi connectivity index (χ3v) is 8.19. The number of nitrogens with two attached hydrogens (primary N) is 1. The summed E-state index contributed by atoms with van der Waals surface area (Å²) in [6, 6.07) is 22.6. The van der Waals surface area contributed by atoms with Crippen molar-refractivity contribution in [3.8, 4) is 34.4 Å². The molecule has 234 valence electrons. The Morgan fingerprint density at radius 1 is 0.915 bits per heavy atom. The number of hydrogen-bond donors (Lipinski definition) is 2. The normalized spacial score (nSPS) is 14.0. The van der Waals surface area contributed by atoms with E-state index in [1.54, 1.807) is 30.6 Å². The first kappa shape index (κ1) is 29.8. The third-order valence-electron chi connectivity index (χ3n) is 8.19. The molecule has 1 fully saturated rings. The van der Waals surface area contributed by atoms with Crippen LogP contribution < -0.4 is 11.1 Å². The fraction of sp³-hybridized carbons (Fsp3) is 0.206. The predicted molar refractivity (Wildman–Crippen MR) is 173 cm³/mol. The van der Waals surface area contributed by atoms with Crippen LogP contribution in [0.2, 0.25) is 0 Å². The van der Waals surface area contributed by atoms with Gasteiger partial charge >= 0.3 is 0 Å². The second-order valence-electron chi connectivity index (χ2n) is 11.3. The molecular weight excluding hydrogens is 600 g/mol. The highest BCUT2D eigenvalue weighted by molar-refractivity contribution is 5.84. The summed E-state index contributed by atoms with van der Waals surface area (Å²) in [5.41, 5.74) is 11.1. The summed E-state index contributed by atoms with van der Waals surface area (Å²) in [6.07, 6.45) is 3.90. The molecular formula is C34H29F2N11. The maximum atomic E-state index is 13.1. The van der Waals surface area contributed by atoms with Gasteiger partial charge in [0.25, 0.3) is 6.43 Å². The lowest BCUT2D eigenvalue weighted by Gasteiger charge is -2.32. The number of nitrogens with one attached hydrogen (secondary N) is 1. The number of nitriles is 1. The number of hydrogen-bond acceptors (Lipinski definition) is 10. The lowest BCUT2D eigenvalue weighted by molar-refractivity contribution is 0.146. The van der Waals surface area contributed by atoms with Crippen LogP contribution in [0, 0.1) is 11.3 Å². The van der Waals surface area contributed by atoms with E-state index in [0.717, 1.165) is 38.2 Å². The van der Waals surface area contributed by atoms with Gasteiger partial charge in [-0.3, -0.25) is 14.5 Å². The summed E-state index contributed by atoms with van der Waals surface area (Å²) in [4.78, 5) is 28.6. The van der Waals surface area contributed by atoms with Crippen LogP contribution in [-0.2, 0) is 6.54 Å². The van der Waals surface area contributed by atoms with Gasteiger partial charge in [-0.25, -0.2) is 33.7 Å². The van der Waals surface area contributed by atoms with Gasteiger partial charge in [0.15, 0.2) is 11.5 Å². The number of piperidine rings is 1. The minimum atomic E-state index is -2.64. The van der Waals surface area contributed by atoms with E-state index in [9.17, 15) is 8.78 Å². The van der Waals surface area contributed by atoms with Crippen LogP contribution in [0.1, 0.15) is 36.3 Å². The molecule has 3 N–H and O–H groups in total. The number of rotatable bonds is 8. The second kappa shape index (κ2) is 12.9. The summed E-state index contributed by atoms with van der Waals surface area (Å²) >= 11 is 0. The fourth-order valence-electron chi connectivity index (χ4n) is 5.78. The number of fused-ring (bicyclic) bond motifs is 1. The van der Waals surface area contributed by atoms with Crippen LogP contribution in [-0.4, -0.2) is 58.5 Å². The van der Waals surface area contributed by atoms with Crippen molar-refractivity contribution in [2.75, 3.05) is 24.1 Å². The second-order valence-corrected chi connectivity index (χ2v) is 11.3. The Morgan fingerprint density at radius 3 is 2.47 bits per heavy atom. The topological polar surface area (TPSA) is 147 Å². The Kier molecular flexibility index (Phi) is 8.16. The van der Waals surface area contributed by atoms with Crippen molar-refractivity contribution in [3.05, 3.63) is 102 Å². The van der Waals surface area contributed by atoms with Crippen LogP contribution in [0.3, 0.4) is 0 Å². The monoisotopic (exact) mass is 629 g/mol. The van der Waals surface area contributed by atoms with E-state index in [4.69, 9.17) is 21.0 Å². The number of anilines is 2. The molecule has 0 amide bonds. The molecule has 0 unspecified atom stereocenters. The van der Waals surface area contributed by atoms with Gasteiger partial charge in [-0.15, -0.1) is 0 Å². The Balaban J connectivity index is 1.13. The van der Waals surface area contributed by atoms with Crippen molar-refractivity contribution in [1.29, 1.82) is 5.26 Å². The maximum Gasteiger partial charge on any atom is 0.280 e. The van der Waals surface area contributed by atoms with E-state index >= 15 is 0 Å². The third kappa shape index (κ3) is 6.31. The van der Waals surface area contributed by atoms with Gasteiger partial charge in [-0.05, 0) is 73.0 Å². The number of likely N-dealkylation sites (tertiary alicyclic amines) is 1. The number of nitrogen functional groups attached to an aromatic ring is 1. The zero-order chi connectivity index (χ0) is 32.3. The Hall–Kier alpha value is -5.87. The smallest absolute Gasteiger partial charge is 0.280 e. The molecule has 1 aromatic carbocycles. The molecule has 6 heterocycles. The molecule has 11 nitrogen and oxygen atoms in total. The van der Waals surface area contributed by atoms with E-state index in [-0.39, 0.29) is 17.6 Å². The number of nitrogens with zero attached hydrogens (tertiary/aromatic N) is 9. The highest BCUT2D eigenvalue weighted by Gasteiger charge is 2.21. The molecule has 0 bridgehead atoms. The van der Waals surface area contributed by atoms with Crippen molar-refractivity contribution >= 4 is 22.8 Å². The molecule has 1 aliphatic heterocycles. The van der Waals surface area contributed by atoms with E-state index in [1.807, 2.05) is 41.0 Å². The van der Waals surface area contributed by atoms with Gasteiger partial charge in [0, 0.05) is 55.5 Å². The Bertz CT molecular complexity index is 2060. The SMILES string of the molecule is N#Cc1nccc(NC2CCN(Cc3ccc(-n4c(-c5cccnc5N)nc5ccc(-c6ccc(C(F)F)nc6)nc54)cc3)CC2)n1. The molecule has 0 spiro atoms. The molecule has 0 atom stereocenters. The number of alkyl halides is 2. The van der Waals surface area contributed by atoms with Crippen LogP contribution in [0.15, 0.2) is 85.3 Å². The van der Waals surface area contributed by atoms with E-state index in [2.05, 4.69) is 42.3 Å². The van der Waals surface area contributed by atoms with Crippen LogP contribution in [0.25, 0.3) is 39.5 Å². The molecule has 6 aromatic rings. The first-order valence-corrected chi connectivity index (χ1v) is 15.1. The molecule has 0 saturated carbocycles. The molecule has 1 aliphatic rings. The lowest BCUT2D eigenvalue weighted by atomic mass is 10.0. The summed E-state index contributed by atoms with van der Waals surface area (Å²) in [7, 11) is 0. The summed E-state index contributed by atoms with van der Waals surface area (Å²) in [5.74, 6) is 1.77. The average Bonchev–Trinajstić information content (AvgIpc) is 3.48. The van der Waals surface area contributed by atoms with E-state index in [1.165, 1.54) is 17.8 Å². The van der Waals surface area contributed by atoms with Crippen molar-refractivity contribution < 1.29 is 8.78 Å². The zero-order valence-corrected chi connectivity index (χ0v) is 25.1. The van der Waals surface area contributed by atoms with Gasteiger partial charge in [-0.1, -0.05) is 12.1 Å². The van der Waals surface area contributed by atoms with E-state index < -0.39 is 6.43 Å². The van der Waals surface area contributed by atoms with Crippen LogP contribution in [0.4, 0.5) is 20.4 Å². The maximum absolute atomic E-state index is 13.1. The van der Waals surface area contributed by atoms with Crippen molar-refractivity contribution in [2.45, 2.75) is 31.9 Å². The van der Waals surface area contributed by atoms with Gasteiger partial charge in [0.1, 0.15) is 28.9 Å². The van der Waals surface area contributed by atoms with Crippen LogP contribution >= 0.6 is 0 Å². The summed E-state index contributed by atoms with van der Waals surface area (Å²) < 4.78 is 28.1. The largest absolute Gasteiger partial charge is 0.383 e. The van der Waals surface area contributed by atoms with Crippen molar-refractivity contribution in [1.82, 2.24) is 39.4 Å². The summed E-state index contributed by atoms with van der Waals surface area (Å²) in [6.45, 7) is 2.65. The lowest BCUT2D eigenvalue weighted by Crippen LogP contribution is -2.38. The first-order chi connectivity index (χ1) is 22.9. The standard InChI is InChI=1S/C34H29F2N11/c35-31(36)27-8-5-22(19-41-27)26-9-10-28-34(43-26)47(33(44-28)25-2-1-14-40-32(25)38)24-6-3-21(4-7-24)20-46-16-12-23(13-17-46)42-29-11-15-39-30(18-37)45-29/h1-11,14-15,19,23,31H,12-13,16-17,20H2,(H2,38,40)(H,39,42,45). The highest BCUT2D eigenvalue weighted by atomic mass is 19.3. The molecule has 0 radical (unpaired) electrons. The van der Waals surface area contributed by atoms with Crippen LogP contribution in [0.5, 0.6) is 0 Å². The Labute approximate surface area is 268 Å². The first-order valence-electron chi connectivity index (χ1n) is 15.1. The molecule has 47 heavy (non-hydrogen) atoms. The quantitative estimate of drug-likeness (QED) is 0.212. The van der Waals surface area contributed by atoms with Crippen molar-refractivity contribution in [2.24, 2.45) is 0 Å². The van der Waals surface area contributed by atoms with Gasteiger partial charge in [0.2, 0.25) is 5.82 Å². The molecule has 1 saturated heterocycles. The predicted octanol–water partition coefficient (Wildman–Crippen LogP) is 5.80. The average molecular weight is 630 g/mol. The molecule has 0 aliphatic carbocycles. The molecule has 7 rings (SSSR count). The minimum Gasteiger partial charge on any atom is -0.383 e. The fourth-order valence-corrected chi connectivity index (χ4v) is 5.78. The highest BCUT2D eigenvalue weighted by Crippen LogP contribution is 2.32. The van der Waals surface area contributed by atoms with Gasteiger partial charge < -0.3 is 11.1 Å². The number of imidazole rings is 1. The van der Waals surface area contributed by atoms with Gasteiger partial charge in [0.05, 0.1) is 11.3 Å². The summed E-state index contributed by atoms with van der Waals surface area (Å²) in [5, 5.41) is 12.5.